The quantitative estimate of drug-likeness (QED) is 0.654. The Kier molecular flexibility index (Phi) is 6.17. The molecule has 0 atom stereocenters. The van der Waals surface area contributed by atoms with Crippen LogP contribution in [-0.4, -0.2) is 44.1 Å². The molecular weight excluding hydrogens is 374 g/mol. The lowest BCUT2D eigenvalue weighted by Gasteiger charge is -2.12. The summed E-state index contributed by atoms with van der Waals surface area (Å²) in [5, 5.41) is 9.39. The smallest absolute Gasteiger partial charge is 0.159 e. The van der Waals surface area contributed by atoms with Gasteiger partial charge in [-0.1, -0.05) is 0 Å². The van der Waals surface area contributed by atoms with Gasteiger partial charge in [0.05, 0.1) is 17.3 Å². The second kappa shape index (κ2) is 9.16. The molecule has 30 heavy (non-hydrogen) atoms. The van der Waals surface area contributed by atoms with Crippen LogP contribution in [0.25, 0.3) is 11.4 Å². The molecular formula is C23H27N7. The monoisotopic (exact) mass is 401 g/mol. The molecule has 0 aliphatic carbocycles. The van der Waals surface area contributed by atoms with Crippen LogP contribution in [0.2, 0.25) is 0 Å². The largest absolute Gasteiger partial charge is 0.330 e. The molecule has 3 heterocycles. The van der Waals surface area contributed by atoms with Gasteiger partial charge in [-0.05, 0) is 75.1 Å². The third-order valence-corrected chi connectivity index (χ3v) is 5.56. The van der Waals surface area contributed by atoms with Gasteiger partial charge in [0, 0.05) is 37.2 Å². The van der Waals surface area contributed by atoms with E-state index in [-0.39, 0.29) is 0 Å². The van der Waals surface area contributed by atoms with Crippen LogP contribution in [0, 0.1) is 18.3 Å². The summed E-state index contributed by atoms with van der Waals surface area (Å²) in [7, 11) is 0. The summed E-state index contributed by atoms with van der Waals surface area (Å²) in [6.07, 6.45) is 9.08. The van der Waals surface area contributed by atoms with E-state index in [0.717, 1.165) is 54.3 Å². The third kappa shape index (κ3) is 4.56. The molecule has 3 aromatic rings. The maximum atomic E-state index is 9.39. The SMILES string of the molecule is Cc1nc(CN2CCCC2)cn1Cc1cc(C#N)ccc1-c1ncc(CCN)cn1. The average Bonchev–Trinajstić information content (AvgIpc) is 3.39. The Morgan fingerprint density at radius 2 is 1.90 bits per heavy atom. The number of aryl methyl sites for hydroxylation is 1. The maximum absolute atomic E-state index is 9.39. The van der Waals surface area contributed by atoms with Gasteiger partial charge < -0.3 is 10.3 Å². The summed E-state index contributed by atoms with van der Waals surface area (Å²) >= 11 is 0. The first-order valence-electron chi connectivity index (χ1n) is 10.5. The molecule has 0 spiro atoms. The molecule has 1 aliphatic rings. The minimum Gasteiger partial charge on any atom is -0.330 e. The van der Waals surface area contributed by atoms with Gasteiger partial charge in [-0.15, -0.1) is 0 Å². The Hall–Kier alpha value is -3.08. The molecule has 7 nitrogen and oxygen atoms in total. The van der Waals surface area contributed by atoms with Crippen molar-refractivity contribution in [1.29, 1.82) is 5.26 Å². The van der Waals surface area contributed by atoms with Gasteiger partial charge in [0.1, 0.15) is 5.82 Å². The summed E-state index contributed by atoms with van der Waals surface area (Å²) < 4.78 is 2.15. The van der Waals surface area contributed by atoms with Gasteiger partial charge >= 0.3 is 0 Å². The van der Waals surface area contributed by atoms with E-state index in [1.165, 1.54) is 12.8 Å². The van der Waals surface area contributed by atoms with Crippen LogP contribution >= 0.6 is 0 Å². The predicted molar refractivity (Wildman–Crippen MR) is 116 cm³/mol. The maximum Gasteiger partial charge on any atom is 0.159 e. The number of imidazole rings is 1. The molecule has 2 aromatic heterocycles. The first-order chi connectivity index (χ1) is 14.7. The van der Waals surface area contributed by atoms with Crippen molar-refractivity contribution >= 4 is 0 Å². The lowest BCUT2D eigenvalue weighted by molar-refractivity contribution is 0.327. The van der Waals surface area contributed by atoms with E-state index < -0.39 is 0 Å². The fourth-order valence-electron chi connectivity index (χ4n) is 3.97. The Morgan fingerprint density at radius 1 is 1.13 bits per heavy atom. The molecule has 1 fully saturated rings. The van der Waals surface area contributed by atoms with Crippen LogP contribution in [0.3, 0.4) is 0 Å². The van der Waals surface area contributed by atoms with Crippen molar-refractivity contribution in [1.82, 2.24) is 24.4 Å². The van der Waals surface area contributed by atoms with Crippen molar-refractivity contribution in [2.75, 3.05) is 19.6 Å². The van der Waals surface area contributed by atoms with Crippen molar-refractivity contribution < 1.29 is 0 Å². The van der Waals surface area contributed by atoms with Crippen molar-refractivity contribution in [3.63, 3.8) is 0 Å². The molecule has 4 rings (SSSR count). The number of nitrogens with two attached hydrogens (primary N) is 1. The molecule has 1 aliphatic heterocycles. The van der Waals surface area contributed by atoms with Crippen LogP contribution in [0.4, 0.5) is 0 Å². The lowest BCUT2D eigenvalue weighted by Crippen LogP contribution is -2.18. The molecule has 0 radical (unpaired) electrons. The Labute approximate surface area is 177 Å². The zero-order chi connectivity index (χ0) is 20.9. The minimum absolute atomic E-state index is 0.574. The summed E-state index contributed by atoms with van der Waals surface area (Å²) in [5.74, 6) is 1.63. The fraction of sp³-hybridized carbons (Fsp3) is 0.391. The minimum atomic E-state index is 0.574. The number of likely N-dealkylation sites (tertiary alicyclic amines) is 1. The molecule has 0 bridgehead atoms. The normalized spacial score (nSPS) is 14.2. The van der Waals surface area contributed by atoms with E-state index in [1.807, 2.05) is 37.5 Å². The molecule has 1 saturated heterocycles. The zero-order valence-corrected chi connectivity index (χ0v) is 17.4. The molecule has 7 heteroatoms. The molecule has 1 aromatic carbocycles. The van der Waals surface area contributed by atoms with Crippen molar-refractivity contribution in [2.24, 2.45) is 5.73 Å². The van der Waals surface area contributed by atoms with E-state index >= 15 is 0 Å². The van der Waals surface area contributed by atoms with Gasteiger partial charge in [0.2, 0.25) is 0 Å². The Morgan fingerprint density at radius 3 is 2.60 bits per heavy atom. The predicted octanol–water partition coefficient (Wildman–Crippen LogP) is 2.67. The summed E-state index contributed by atoms with van der Waals surface area (Å²) in [4.78, 5) is 16.3. The highest BCUT2D eigenvalue weighted by Gasteiger charge is 2.16. The van der Waals surface area contributed by atoms with Crippen LogP contribution in [0.5, 0.6) is 0 Å². The number of hydrogen-bond donors (Lipinski definition) is 1. The van der Waals surface area contributed by atoms with Crippen molar-refractivity contribution in [3.05, 3.63) is 65.0 Å². The second-order valence-electron chi connectivity index (χ2n) is 7.83. The standard InChI is InChI=1S/C23H27N7/c1-17-28-21(15-29-8-2-3-9-29)16-30(17)14-20-10-18(11-25)4-5-22(20)23-26-12-19(6-7-24)13-27-23/h4-5,10,12-13,16H,2-3,6-9,14-15,24H2,1H3. The Balaban J connectivity index is 1.61. The molecule has 0 saturated carbocycles. The van der Waals surface area contributed by atoms with E-state index in [9.17, 15) is 5.26 Å². The topological polar surface area (TPSA) is 96.7 Å². The number of rotatable bonds is 7. The number of nitriles is 1. The Bertz CT molecular complexity index is 1040. The van der Waals surface area contributed by atoms with Crippen LogP contribution in [0.1, 0.15) is 41.1 Å². The van der Waals surface area contributed by atoms with E-state index in [1.54, 1.807) is 0 Å². The van der Waals surface area contributed by atoms with E-state index in [4.69, 9.17) is 10.7 Å². The van der Waals surface area contributed by atoms with Gasteiger partial charge in [-0.2, -0.15) is 5.26 Å². The highest BCUT2D eigenvalue weighted by molar-refractivity contribution is 5.62. The van der Waals surface area contributed by atoms with Crippen molar-refractivity contribution in [2.45, 2.75) is 39.3 Å². The number of hydrogen-bond acceptors (Lipinski definition) is 6. The van der Waals surface area contributed by atoms with Gasteiger partial charge in [0.25, 0.3) is 0 Å². The number of nitrogens with zero attached hydrogens (tertiary/aromatic N) is 6. The zero-order valence-electron chi connectivity index (χ0n) is 17.4. The van der Waals surface area contributed by atoms with Crippen LogP contribution in [-0.2, 0) is 19.5 Å². The van der Waals surface area contributed by atoms with Crippen LogP contribution in [0.15, 0.2) is 36.8 Å². The van der Waals surface area contributed by atoms with E-state index in [0.29, 0.717) is 24.5 Å². The van der Waals surface area contributed by atoms with Crippen LogP contribution < -0.4 is 5.73 Å². The molecule has 0 unspecified atom stereocenters. The number of aromatic nitrogens is 4. The second-order valence-corrected chi connectivity index (χ2v) is 7.83. The first-order valence-corrected chi connectivity index (χ1v) is 10.5. The summed E-state index contributed by atoms with van der Waals surface area (Å²) in [6, 6.07) is 7.91. The number of benzene rings is 1. The summed E-state index contributed by atoms with van der Waals surface area (Å²) in [5.41, 5.74) is 10.3. The van der Waals surface area contributed by atoms with E-state index in [2.05, 4.69) is 31.7 Å². The van der Waals surface area contributed by atoms with Crippen molar-refractivity contribution in [3.8, 4) is 17.5 Å². The summed E-state index contributed by atoms with van der Waals surface area (Å²) in [6.45, 7) is 6.42. The fourth-order valence-corrected chi connectivity index (χ4v) is 3.97. The highest BCUT2D eigenvalue weighted by Crippen LogP contribution is 2.24. The van der Waals surface area contributed by atoms with Gasteiger partial charge in [0.15, 0.2) is 5.82 Å². The lowest BCUT2D eigenvalue weighted by atomic mass is 10.0. The molecule has 154 valence electrons. The highest BCUT2D eigenvalue weighted by atomic mass is 15.2. The first kappa shape index (κ1) is 20.2. The molecule has 2 N–H and O–H groups in total. The van der Waals surface area contributed by atoms with Gasteiger partial charge in [-0.25, -0.2) is 15.0 Å². The van der Waals surface area contributed by atoms with Gasteiger partial charge in [-0.3, -0.25) is 4.90 Å². The molecule has 0 amide bonds. The average molecular weight is 402 g/mol. The third-order valence-electron chi connectivity index (χ3n) is 5.56.